The second kappa shape index (κ2) is 12.9. The number of piperidine rings is 1. The van der Waals surface area contributed by atoms with Crippen LogP contribution in [0.4, 0.5) is 24.7 Å². The van der Waals surface area contributed by atoms with Crippen molar-refractivity contribution in [2.75, 3.05) is 24.2 Å². The van der Waals surface area contributed by atoms with Crippen LogP contribution in [0, 0.1) is 5.92 Å². The Balaban J connectivity index is 0.00000462. The maximum Gasteiger partial charge on any atom is 0.417 e. The summed E-state index contributed by atoms with van der Waals surface area (Å²) >= 11 is 0. The summed E-state index contributed by atoms with van der Waals surface area (Å²) in [6.07, 6.45) is 1.42. The van der Waals surface area contributed by atoms with Crippen LogP contribution in [-0.2, 0) is 44.3 Å². The molecular weight excluding hydrogens is 607 g/mol. The van der Waals surface area contributed by atoms with Crippen molar-refractivity contribution in [1.82, 2.24) is 24.6 Å². The van der Waals surface area contributed by atoms with Gasteiger partial charge in [0.15, 0.2) is 0 Å². The molecular formula is C26H34CuF3N7O3Si. The molecule has 4 rings (SSSR count). The molecule has 15 heteroatoms. The molecule has 1 saturated heterocycles. The van der Waals surface area contributed by atoms with Gasteiger partial charge in [0, 0.05) is 50.7 Å². The zero-order chi connectivity index (χ0) is 29.2. The normalized spacial score (nSPS) is 17.8. The number of hydrogen-bond donors (Lipinski definition) is 2. The third-order valence-electron chi connectivity index (χ3n) is 6.91. The fraction of sp³-hybridized carbons (Fsp3) is 0.500. The van der Waals surface area contributed by atoms with Crippen LogP contribution in [0.25, 0.3) is 10.9 Å². The number of likely N-dealkylation sites (tertiary alicyclic amines) is 1. The minimum Gasteiger partial charge on any atom is -0.383 e. The van der Waals surface area contributed by atoms with Gasteiger partial charge in [0.2, 0.25) is 0 Å². The summed E-state index contributed by atoms with van der Waals surface area (Å²) in [6, 6.07) is 1.23. The summed E-state index contributed by atoms with van der Waals surface area (Å²) in [7, 11) is -1.30. The van der Waals surface area contributed by atoms with Gasteiger partial charge in [0.05, 0.1) is 40.6 Å². The fourth-order valence-corrected chi connectivity index (χ4v) is 5.42. The van der Waals surface area contributed by atoms with Crippen molar-refractivity contribution in [2.24, 2.45) is 5.92 Å². The van der Waals surface area contributed by atoms with Crippen LogP contribution in [0.15, 0.2) is 30.9 Å². The van der Waals surface area contributed by atoms with E-state index in [0.29, 0.717) is 30.4 Å². The smallest absolute Gasteiger partial charge is 0.383 e. The van der Waals surface area contributed by atoms with Crippen LogP contribution in [0.1, 0.15) is 36.9 Å². The van der Waals surface area contributed by atoms with Crippen molar-refractivity contribution < 1.29 is 44.6 Å². The topological polar surface area (TPSA) is 128 Å². The molecule has 3 aromatic heterocycles. The Kier molecular flexibility index (Phi) is 10.2. The summed E-state index contributed by atoms with van der Waals surface area (Å²) in [5.74, 6) is -1.54. The number of rotatable bonds is 7. The molecule has 0 spiro atoms. The van der Waals surface area contributed by atoms with E-state index in [2.05, 4.69) is 40.0 Å². The molecule has 227 valence electrons. The Morgan fingerprint density at radius 3 is 2.59 bits per heavy atom. The van der Waals surface area contributed by atoms with Crippen molar-refractivity contribution in [3.05, 3.63) is 42.0 Å². The van der Waals surface area contributed by atoms with E-state index in [0.717, 1.165) is 18.3 Å². The SMILES string of the molecule is C[C@H]1CC[C@H](c2cncc(C(F)(F)F)c2)N(C(=O)C(=O)Nc2cnc(N)c3cnn(COCC[Si](C)(C)C)c23)C1.[Cu]. The number of alkyl halides is 3. The van der Waals surface area contributed by atoms with E-state index >= 15 is 0 Å². The summed E-state index contributed by atoms with van der Waals surface area (Å²) in [5, 5.41) is 7.42. The van der Waals surface area contributed by atoms with Crippen molar-refractivity contribution in [3.8, 4) is 0 Å². The van der Waals surface area contributed by atoms with Crippen LogP contribution in [-0.4, -0.2) is 57.7 Å². The Bertz CT molecular complexity index is 1400. The number of amides is 2. The number of carbonyl (C=O) groups excluding carboxylic acids is 2. The predicted molar refractivity (Wildman–Crippen MR) is 147 cm³/mol. The van der Waals surface area contributed by atoms with Crippen molar-refractivity contribution in [1.29, 1.82) is 0 Å². The molecule has 1 aliphatic rings. The van der Waals surface area contributed by atoms with Gasteiger partial charge in [-0.2, -0.15) is 18.3 Å². The van der Waals surface area contributed by atoms with Gasteiger partial charge < -0.3 is 20.7 Å². The first-order valence-corrected chi connectivity index (χ1v) is 16.8. The molecule has 0 saturated carbocycles. The van der Waals surface area contributed by atoms with E-state index < -0.39 is 37.7 Å². The van der Waals surface area contributed by atoms with E-state index in [1.54, 1.807) is 0 Å². The maximum atomic E-state index is 13.4. The van der Waals surface area contributed by atoms with Gasteiger partial charge in [0.25, 0.3) is 0 Å². The number of fused-ring (bicyclic) bond motifs is 1. The van der Waals surface area contributed by atoms with Gasteiger partial charge in [-0.1, -0.05) is 26.6 Å². The van der Waals surface area contributed by atoms with Gasteiger partial charge in [-0.15, -0.1) is 0 Å². The third-order valence-corrected chi connectivity index (χ3v) is 8.61. The average molecular weight is 641 g/mol. The predicted octanol–water partition coefficient (Wildman–Crippen LogP) is 4.68. The van der Waals surface area contributed by atoms with Crippen LogP contribution >= 0.6 is 0 Å². The quantitative estimate of drug-likeness (QED) is 0.218. The van der Waals surface area contributed by atoms with Gasteiger partial charge >= 0.3 is 18.0 Å². The first-order valence-electron chi connectivity index (χ1n) is 13.1. The zero-order valence-corrected chi connectivity index (χ0v) is 25.2. The number of hydrogen-bond acceptors (Lipinski definition) is 7. The van der Waals surface area contributed by atoms with Crippen LogP contribution < -0.4 is 11.1 Å². The number of nitrogens with two attached hydrogens (primary N) is 1. The minimum absolute atomic E-state index is 0. The number of nitrogens with one attached hydrogen (secondary N) is 1. The number of aromatic nitrogens is 4. The molecule has 2 amide bonds. The first-order chi connectivity index (χ1) is 18.7. The monoisotopic (exact) mass is 640 g/mol. The standard InChI is InChI=1S/C26H34F3N7O3Si.Cu/c1-16-5-6-21(17-9-18(11-31-10-17)26(27,28)29)35(14-16)25(38)24(37)34-20-13-32-23(30)19-12-33-36(22(19)20)15-39-7-8-40(2,3)4;/h9-13,16,21H,5-8,14-15H2,1-4H3,(H2,30,32)(H,34,37);/t16-,21+;/m0./s1. The van der Waals surface area contributed by atoms with Gasteiger partial charge in [-0.05, 0) is 36.4 Å². The molecule has 0 bridgehead atoms. The van der Waals surface area contributed by atoms with Crippen molar-refractivity contribution in [3.63, 3.8) is 0 Å². The zero-order valence-electron chi connectivity index (χ0n) is 23.3. The maximum absolute atomic E-state index is 13.4. The summed E-state index contributed by atoms with van der Waals surface area (Å²) in [5.41, 5.74) is 6.02. The number of nitrogen functional groups attached to an aromatic ring is 1. The molecule has 3 N–H and O–H groups in total. The molecule has 0 aliphatic carbocycles. The van der Waals surface area contributed by atoms with Crippen molar-refractivity contribution in [2.45, 2.75) is 64.4 Å². The second-order valence-electron chi connectivity index (χ2n) is 11.4. The van der Waals surface area contributed by atoms with Crippen LogP contribution in [0.3, 0.4) is 0 Å². The summed E-state index contributed by atoms with van der Waals surface area (Å²) < 4.78 is 47.3. The third kappa shape index (κ3) is 7.85. The summed E-state index contributed by atoms with van der Waals surface area (Å²) in [4.78, 5) is 35.8. The molecule has 1 radical (unpaired) electrons. The second-order valence-corrected chi connectivity index (χ2v) is 17.0. The van der Waals surface area contributed by atoms with Crippen LogP contribution in [0.5, 0.6) is 0 Å². The molecule has 0 aromatic carbocycles. The number of anilines is 2. The minimum atomic E-state index is -4.58. The number of pyridine rings is 2. The largest absolute Gasteiger partial charge is 0.417 e. The van der Waals surface area contributed by atoms with Crippen molar-refractivity contribution >= 4 is 42.3 Å². The van der Waals surface area contributed by atoms with E-state index in [1.807, 2.05) is 6.92 Å². The molecule has 2 atom stereocenters. The number of ether oxygens (including phenoxy) is 1. The summed E-state index contributed by atoms with van der Waals surface area (Å²) in [6.45, 7) is 9.53. The van der Waals surface area contributed by atoms with E-state index in [1.165, 1.54) is 28.2 Å². The van der Waals surface area contributed by atoms with E-state index in [-0.39, 0.29) is 53.3 Å². The van der Waals surface area contributed by atoms with E-state index in [9.17, 15) is 22.8 Å². The Hall–Kier alpha value is -3.00. The Labute approximate surface area is 247 Å². The van der Waals surface area contributed by atoms with Crippen LogP contribution in [0.2, 0.25) is 25.7 Å². The Morgan fingerprint density at radius 2 is 1.90 bits per heavy atom. The molecule has 1 fully saturated rings. The number of carbonyl (C=O) groups is 2. The molecule has 4 heterocycles. The Morgan fingerprint density at radius 1 is 1.17 bits per heavy atom. The average Bonchev–Trinajstić information content (AvgIpc) is 3.32. The first kappa shape index (κ1) is 32.5. The molecule has 10 nitrogen and oxygen atoms in total. The van der Waals surface area contributed by atoms with Gasteiger partial charge in [-0.3, -0.25) is 14.6 Å². The number of halogens is 3. The molecule has 0 unspecified atom stereocenters. The van der Waals surface area contributed by atoms with Gasteiger partial charge in [0.1, 0.15) is 12.5 Å². The molecule has 41 heavy (non-hydrogen) atoms. The van der Waals surface area contributed by atoms with E-state index in [4.69, 9.17) is 10.5 Å². The fourth-order valence-electron chi connectivity index (χ4n) is 4.67. The molecule has 1 aliphatic heterocycles. The molecule has 3 aromatic rings. The van der Waals surface area contributed by atoms with Gasteiger partial charge in [-0.25, -0.2) is 9.67 Å². The number of nitrogens with zero attached hydrogens (tertiary/aromatic N) is 5.